The normalized spacial score (nSPS) is 10.8. The number of carbonyl (C=O) groups is 2. The second kappa shape index (κ2) is 11.4. The van der Waals surface area contributed by atoms with Gasteiger partial charge in [0.25, 0.3) is 11.8 Å². The van der Waals surface area contributed by atoms with E-state index in [2.05, 4.69) is 17.1 Å². The summed E-state index contributed by atoms with van der Waals surface area (Å²) in [7, 11) is 3.39. The van der Waals surface area contributed by atoms with Gasteiger partial charge in [-0.05, 0) is 54.2 Å². The summed E-state index contributed by atoms with van der Waals surface area (Å²) in [6.07, 6.45) is 3.70. The molecule has 33 heavy (non-hydrogen) atoms. The van der Waals surface area contributed by atoms with Crippen molar-refractivity contribution in [2.24, 2.45) is 5.73 Å². The number of pyridine rings is 1. The van der Waals surface area contributed by atoms with E-state index in [1.165, 1.54) is 5.56 Å². The Balaban J connectivity index is 1.76. The van der Waals surface area contributed by atoms with E-state index in [1.54, 1.807) is 25.3 Å². The summed E-state index contributed by atoms with van der Waals surface area (Å²) < 4.78 is 5.06. The molecule has 6 nitrogen and oxygen atoms in total. The standard InChI is InChI=1S/C27H31N3O3/c1-19-15-21(10-12-24(19)27(32)30(2)13-14-33-3)16-23-17-22(25(18-29-23)26(28)31)11-9-20-7-5-4-6-8-20/h4-8,10,12,15,17-18H,9,11,13-14,16H2,1-3H3,(H2,28,31). The molecule has 0 fully saturated rings. The number of nitrogens with two attached hydrogens (primary N) is 1. The number of aromatic nitrogens is 1. The number of aryl methyl sites for hydroxylation is 3. The number of benzene rings is 2. The van der Waals surface area contributed by atoms with Gasteiger partial charge in [-0.1, -0.05) is 42.5 Å². The molecule has 2 aromatic carbocycles. The number of rotatable bonds is 10. The van der Waals surface area contributed by atoms with Crippen molar-refractivity contribution in [3.05, 3.63) is 99.9 Å². The van der Waals surface area contributed by atoms with Gasteiger partial charge in [0.15, 0.2) is 0 Å². The molecule has 0 aliphatic heterocycles. The van der Waals surface area contributed by atoms with Crippen LogP contribution >= 0.6 is 0 Å². The Hall–Kier alpha value is -3.51. The highest BCUT2D eigenvalue weighted by Gasteiger charge is 2.15. The lowest BCUT2D eigenvalue weighted by Gasteiger charge is -2.18. The lowest BCUT2D eigenvalue weighted by Crippen LogP contribution is -2.30. The molecule has 172 valence electrons. The first kappa shape index (κ1) is 24.1. The SMILES string of the molecule is COCCN(C)C(=O)c1ccc(Cc2cc(CCc3ccccc3)c(C(N)=O)cn2)cc1C. The first-order valence-corrected chi connectivity index (χ1v) is 11.0. The molecule has 2 amide bonds. The monoisotopic (exact) mass is 445 g/mol. The Kier molecular flexibility index (Phi) is 8.33. The first-order chi connectivity index (χ1) is 15.9. The Bertz CT molecular complexity index is 1110. The van der Waals surface area contributed by atoms with Crippen LogP contribution in [0.4, 0.5) is 0 Å². The Labute approximate surface area is 195 Å². The lowest BCUT2D eigenvalue weighted by atomic mass is 9.97. The van der Waals surface area contributed by atoms with Gasteiger partial charge in [0, 0.05) is 44.6 Å². The Morgan fingerprint density at radius 1 is 1.00 bits per heavy atom. The zero-order valence-corrected chi connectivity index (χ0v) is 19.5. The minimum atomic E-state index is -0.464. The second-order valence-electron chi connectivity index (χ2n) is 8.23. The van der Waals surface area contributed by atoms with Crippen molar-refractivity contribution < 1.29 is 14.3 Å². The smallest absolute Gasteiger partial charge is 0.253 e. The molecule has 1 aromatic heterocycles. The number of nitrogens with zero attached hydrogens (tertiary/aromatic N) is 2. The van der Waals surface area contributed by atoms with Crippen LogP contribution < -0.4 is 5.73 Å². The molecule has 2 N–H and O–H groups in total. The molecule has 6 heteroatoms. The van der Waals surface area contributed by atoms with Crippen LogP contribution in [0.2, 0.25) is 0 Å². The largest absolute Gasteiger partial charge is 0.383 e. The van der Waals surface area contributed by atoms with E-state index >= 15 is 0 Å². The van der Waals surface area contributed by atoms with E-state index in [1.807, 2.05) is 49.4 Å². The third-order valence-corrected chi connectivity index (χ3v) is 5.72. The van der Waals surface area contributed by atoms with Crippen molar-refractivity contribution in [2.45, 2.75) is 26.2 Å². The molecule has 1 heterocycles. The number of hydrogen-bond acceptors (Lipinski definition) is 4. The van der Waals surface area contributed by atoms with Crippen molar-refractivity contribution in [3.8, 4) is 0 Å². The zero-order valence-electron chi connectivity index (χ0n) is 19.5. The molecule has 0 spiro atoms. The van der Waals surface area contributed by atoms with E-state index in [9.17, 15) is 9.59 Å². The van der Waals surface area contributed by atoms with E-state index in [0.717, 1.165) is 28.8 Å². The van der Waals surface area contributed by atoms with Gasteiger partial charge in [-0.2, -0.15) is 0 Å². The van der Waals surface area contributed by atoms with Gasteiger partial charge in [-0.15, -0.1) is 0 Å². The molecule has 3 rings (SSSR count). The summed E-state index contributed by atoms with van der Waals surface area (Å²) in [5.74, 6) is -0.489. The molecular weight excluding hydrogens is 414 g/mol. The fourth-order valence-electron chi connectivity index (χ4n) is 3.82. The maximum atomic E-state index is 12.7. The van der Waals surface area contributed by atoms with E-state index in [0.29, 0.717) is 37.1 Å². The fraction of sp³-hybridized carbons (Fsp3) is 0.296. The van der Waals surface area contributed by atoms with Crippen LogP contribution in [0.5, 0.6) is 0 Å². The van der Waals surface area contributed by atoms with E-state index in [-0.39, 0.29) is 5.91 Å². The van der Waals surface area contributed by atoms with Crippen molar-refractivity contribution in [3.63, 3.8) is 0 Å². The second-order valence-corrected chi connectivity index (χ2v) is 8.23. The highest BCUT2D eigenvalue weighted by atomic mass is 16.5. The average Bonchev–Trinajstić information content (AvgIpc) is 2.81. The molecule has 0 saturated carbocycles. The number of amides is 2. The Morgan fingerprint density at radius 2 is 1.76 bits per heavy atom. The summed E-state index contributed by atoms with van der Waals surface area (Å²) >= 11 is 0. The molecule has 3 aromatic rings. The minimum Gasteiger partial charge on any atom is -0.383 e. The predicted octanol–water partition coefficient (Wildman–Crippen LogP) is 3.58. The first-order valence-electron chi connectivity index (χ1n) is 11.0. The van der Waals surface area contributed by atoms with Crippen molar-refractivity contribution in [2.75, 3.05) is 27.3 Å². The van der Waals surface area contributed by atoms with Crippen LogP contribution in [0.15, 0.2) is 60.8 Å². The fourth-order valence-corrected chi connectivity index (χ4v) is 3.82. The molecular formula is C27H31N3O3. The molecule has 0 unspecified atom stereocenters. The summed E-state index contributed by atoms with van der Waals surface area (Å²) in [6, 6.07) is 18.0. The maximum absolute atomic E-state index is 12.7. The number of methoxy groups -OCH3 is 1. The minimum absolute atomic E-state index is 0.0248. The van der Waals surface area contributed by atoms with Gasteiger partial charge >= 0.3 is 0 Å². The highest BCUT2D eigenvalue weighted by Crippen LogP contribution is 2.19. The lowest BCUT2D eigenvalue weighted by molar-refractivity contribution is 0.0743. The molecule has 0 aliphatic carbocycles. The van der Waals surface area contributed by atoms with Gasteiger partial charge in [0.1, 0.15) is 0 Å². The maximum Gasteiger partial charge on any atom is 0.253 e. The van der Waals surface area contributed by atoms with Crippen LogP contribution in [0.3, 0.4) is 0 Å². The van der Waals surface area contributed by atoms with Gasteiger partial charge < -0.3 is 15.4 Å². The van der Waals surface area contributed by atoms with Gasteiger partial charge in [-0.25, -0.2) is 0 Å². The topological polar surface area (TPSA) is 85.5 Å². The van der Waals surface area contributed by atoms with Crippen LogP contribution in [0, 0.1) is 6.92 Å². The van der Waals surface area contributed by atoms with Gasteiger partial charge in [-0.3, -0.25) is 14.6 Å². The van der Waals surface area contributed by atoms with Crippen molar-refractivity contribution in [1.82, 2.24) is 9.88 Å². The van der Waals surface area contributed by atoms with Crippen LogP contribution in [0.25, 0.3) is 0 Å². The third-order valence-electron chi connectivity index (χ3n) is 5.72. The number of likely N-dealkylation sites (N-methyl/N-ethyl adjacent to an activating group) is 1. The van der Waals surface area contributed by atoms with Crippen molar-refractivity contribution in [1.29, 1.82) is 0 Å². The predicted molar refractivity (Wildman–Crippen MR) is 129 cm³/mol. The number of ether oxygens (including phenoxy) is 1. The quantitative estimate of drug-likeness (QED) is 0.517. The average molecular weight is 446 g/mol. The summed E-state index contributed by atoms with van der Waals surface area (Å²) in [4.78, 5) is 30.7. The number of hydrogen-bond donors (Lipinski definition) is 1. The zero-order chi connectivity index (χ0) is 23.8. The van der Waals surface area contributed by atoms with Crippen LogP contribution in [-0.4, -0.2) is 49.0 Å². The number of carbonyl (C=O) groups excluding carboxylic acids is 2. The Morgan fingerprint density at radius 3 is 2.42 bits per heavy atom. The summed E-state index contributed by atoms with van der Waals surface area (Å²) in [5, 5.41) is 0. The highest BCUT2D eigenvalue weighted by molar-refractivity contribution is 5.95. The van der Waals surface area contributed by atoms with E-state index in [4.69, 9.17) is 10.5 Å². The molecule has 0 atom stereocenters. The molecule has 0 radical (unpaired) electrons. The van der Waals surface area contributed by atoms with Gasteiger partial charge in [0.2, 0.25) is 0 Å². The number of primary amides is 1. The molecule has 0 aliphatic rings. The molecule has 0 bridgehead atoms. The van der Waals surface area contributed by atoms with E-state index < -0.39 is 5.91 Å². The molecule has 0 saturated heterocycles. The van der Waals surface area contributed by atoms with Crippen LogP contribution in [-0.2, 0) is 24.0 Å². The third kappa shape index (κ3) is 6.49. The van der Waals surface area contributed by atoms with Crippen molar-refractivity contribution >= 4 is 11.8 Å². The summed E-state index contributed by atoms with van der Waals surface area (Å²) in [5.41, 5.74) is 11.7. The summed E-state index contributed by atoms with van der Waals surface area (Å²) in [6.45, 7) is 2.98. The van der Waals surface area contributed by atoms with Gasteiger partial charge in [0.05, 0.1) is 12.2 Å². The van der Waals surface area contributed by atoms with Crippen LogP contribution in [0.1, 0.15) is 48.7 Å².